The van der Waals surface area contributed by atoms with Crippen molar-refractivity contribution >= 4 is 17.4 Å². The molecule has 3 heterocycles. The highest BCUT2D eigenvalue weighted by Gasteiger charge is 2.36. The van der Waals surface area contributed by atoms with E-state index < -0.39 is 0 Å². The van der Waals surface area contributed by atoms with Crippen LogP contribution in [-0.2, 0) is 13.1 Å². The van der Waals surface area contributed by atoms with Gasteiger partial charge in [-0.05, 0) is 66.4 Å². The fraction of sp³-hybridized carbons (Fsp3) is 0.308. The summed E-state index contributed by atoms with van der Waals surface area (Å²) >= 11 is 0. The first kappa shape index (κ1) is 22.0. The molecule has 8 heteroatoms. The number of anilines is 2. The van der Waals surface area contributed by atoms with E-state index in [0.717, 1.165) is 29.1 Å². The Kier molecular flexibility index (Phi) is 5.96. The number of piperidine rings is 1. The molecule has 34 heavy (non-hydrogen) atoms. The molecule has 2 amide bonds. The highest BCUT2D eigenvalue weighted by atomic mass is 19.1. The molecule has 2 aliphatic heterocycles. The predicted octanol–water partition coefficient (Wildman–Crippen LogP) is 4.26. The van der Waals surface area contributed by atoms with E-state index in [4.69, 9.17) is 4.74 Å². The average Bonchev–Trinajstić information content (AvgIpc) is 2.85. The van der Waals surface area contributed by atoms with E-state index >= 15 is 0 Å². The maximum absolute atomic E-state index is 13.2. The monoisotopic (exact) mass is 462 g/mol. The number of rotatable bonds is 5. The van der Waals surface area contributed by atoms with Crippen molar-refractivity contribution in [3.05, 3.63) is 88.1 Å². The molecular formula is C26H27FN4O3. The van der Waals surface area contributed by atoms with Gasteiger partial charge in [0.2, 0.25) is 0 Å². The highest BCUT2D eigenvalue weighted by Crippen LogP contribution is 2.35. The molecule has 0 unspecified atom stereocenters. The van der Waals surface area contributed by atoms with Gasteiger partial charge in [-0.15, -0.1) is 0 Å². The van der Waals surface area contributed by atoms with Gasteiger partial charge in [0.1, 0.15) is 17.3 Å². The van der Waals surface area contributed by atoms with E-state index in [-0.39, 0.29) is 29.2 Å². The Labute approximate surface area is 197 Å². The first-order valence-electron chi connectivity index (χ1n) is 11.4. The zero-order valence-corrected chi connectivity index (χ0v) is 19.0. The van der Waals surface area contributed by atoms with E-state index in [1.54, 1.807) is 19.2 Å². The largest absolute Gasteiger partial charge is 0.497 e. The summed E-state index contributed by atoms with van der Waals surface area (Å²) in [6, 6.07) is 17.2. The lowest BCUT2D eigenvalue weighted by Gasteiger charge is -2.42. The van der Waals surface area contributed by atoms with Crippen LogP contribution in [0.25, 0.3) is 0 Å². The Morgan fingerprint density at radius 1 is 1.03 bits per heavy atom. The quantitative estimate of drug-likeness (QED) is 0.594. The summed E-state index contributed by atoms with van der Waals surface area (Å²) in [5.41, 5.74) is 3.07. The van der Waals surface area contributed by atoms with E-state index in [0.29, 0.717) is 31.9 Å². The zero-order chi connectivity index (χ0) is 23.7. The number of benzene rings is 2. The van der Waals surface area contributed by atoms with Crippen molar-refractivity contribution in [2.24, 2.45) is 5.92 Å². The molecule has 7 nitrogen and oxygen atoms in total. The Morgan fingerprint density at radius 3 is 2.53 bits per heavy atom. The van der Waals surface area contributed by atoms with Gasteiger partial charge in [-0.2, -0.15) is 0 Å². The van der Waals surface area contributed by atoms with Gasteiger partial charge >= 0.3 is 6.03 Å². The number of hydrogen-bond donors (Lipinski definition) is 2. The van der Waals surface area contributed by atoms with Gasteiger partial charge in [0.15, 0.2) is 0 Å². The molecule has 2 bridgehead atoms. The lowest BCUT2D eigenvalue weighted by atomic mass is 9.83. The molecule has 0 radical (unpaired) electrons. The number of fused-ring (bicyclic) bond motifs is 4. The number of nitrogens with one attached hydrogen (secondary N) is 2. The summed E-state index contributed by atoms with van der Waals surface area (Å²) in [6.07, 6.45) is 0.966. The summed E-state index contributed by atoms with van der Waals surface area (Å²) in [4.78, 5) is 27.9. The van der Waals surface area contributed by atoms with Crippen LogP contribution in [0.4, 0.5) is 20.6 Å². The lowest BCUT2D eigenvalue weighted by molar-refractivity contribution is 0.139. The van der Waals surface area contributed by atoms with Gasteiger partial charge < -0.3 is 24.8 Å². The maximum atomic E-state index is 13.2. The fourth-order valence-electron chi connectivity index (χ4n) is 4.92. The van der Waals surface area contributed by atoms with Crippen molar-refractivity contribution < 1.29 is 13.9 Å². The maximum Gasteiger partial charge on any atom is 0.321 e. The number of likely N-dealkylation sites (tertiary alicyclic amines) is 1. The number of carbonyl (C=O) groups excluding carboxylic acids is 1. The minimum Gasteiger partial charge on any atom is -0.497 e. The summed E-state index contributed by atoms with van der Waals surface area (Å²) < 4.78 is 20.1. The van der Waals surface area contributed by atoms with Gasteiger partial charge in [-0.25, -0.2) is 9.18 Å². The van der Waals surface area contributed by atoms with Crippen molar-refractivity contribution in [1.82, 2.24) is 9.47 Å². The number of ether oxygens (including phenoxy) is 1. The highest BCUT2D eigenvalue weighted by molar-refractivity contribution is 5.89. The van der Waals surface area contributed by atoms with Gasteiger partial charge in [0.05, 0.1) is 7.11 Å². The molecule has 1 aromatic heterocycles. The van der Waals surface area contributed by atoms with Gasteiger partial charge in [-0.3, -0.25) is 4.79 Å². The minimum atomic E-state index is -0.282. The Hall–Kier alpha value is -3.81. The number of hydrogen-bond acceptors (Lipinski definition) is 4. The fourth-order valence-corrected chi connectivity index (χ4v) is 4.92. The van der Waals surface area contributed by atoms with Crippen LogP contribution >= 0.6 is 0 Å². The van der Waals surface area contributed by atoms with Crippen LogP contribution in [0.1, 0.15) is 23.6 Å². The second-order valence-corrected chi connectivity index (χ2v) is 8.93. The third-order valence-electron chi connectivity index (χ3n) is 6.63. The van der Waals surface area contributed by atoms with Crippen LogP contribution in [0, 0.1) is 11.7 Å². The Morgan fingerprint density at radius 2 is 1.79 bits per heavy atom. The number of pyridine rings is 1. The second-order valence-electron chi connectivity index (χ2n) is 8.93. The first-order valence-corrected chi connectivity index (χ1v) is 11.4. The molecule has 0 spiro atoms. The third kappa shape index (κ3) is 4.48. The van der Waals surface area contributed by atoms with E-state index in [1.807, 2.05) is 45.9 Å². The summed E-state index contributed by atoms with van der Waals surface area (Å²) in [7, 11) is 1.60. The molecule has 2 aliphatic rings. The number of halogens is 1. The molecule has 5 rings (SSSR count). The minimum absolute atomic E-state index is 0.0505. The van der Waals surface area contributed by atoms with Gasteiger partial charge in [-0.1, -0.05) is 12.1 Å². The Balaban J connectivity index is 1.28. The number of nitrogens with zero attached hydrogens (tertiary/aromatic N) is 2. The average molecular weight is 463 g/mol. The van der Waals surface area contributed by atoms with E-state index in [2.05, 4.69) is 10.6 Å². The summed E-state index contributed by atoms with van der Waals surface area (Å²) in [5.74, 6) is 0.792. The molecule has 176 valence electrons. The topological polar surface area (TPSA) is 75.6 Å². The van der Waals surface area contributed by atoms with Crippen molar-refractivity contribution in [3.63, 3.8) is 0 Å². The van der Waals surface area contributed by atoms with Gasteiger partial charge in [0.25, 0.3) is 5.56 Å². The SMILES string of the molecule is COc1ccc(NC(=O)N2C[C@@H]3C[C@H](C2)c2ccc(NCc4ccc(F)cc4)c(=O)n2C3)cc1. The summed E-state index contributed by atoms with van der Waals surface area (Å²) in [6.45, 7) is 2.21. The van der Waals surface area contributed by atoms with Crippen LogP contribution < -0.4 is 20.9 Å². The molecule has 2 N–H and O–H groups in total. The van der Waals surface area contributed by atoms with Crippen molar-refractivity contribution in [1.29, 1.82) is 0 Å². The number of aromatic nitrogens is 1. The lowest BCUT2D eigenvalue weighted by Crippen LogP contribution is -2.50. The normalized spacial score (nSPS) is 18.7. The number of methoxy groups -OCH3 is 1. The van der Waals surface area contributed by atoms with Gasteiger partial charge in [0, 0.05) is 43.5 Å². The smallest absolute Gasteiger partial charge is 0.321 e. The van der Waals surface area contributed by atoms with Crippen LogP contribution in [0.3, 0.4) is 0 Å². The number of carbonyl (C=O) groups is 1. The molecular weight excluding hydrogens is 435 g/mol. The third-order valence-corrected chi connectivity index (χ3v) is 6.63. The van der Waals surface area contributed by atoms with Crippen LogP contribution in [0.2, 0.25) is 0 Å². The van der Waals surface area contributed by atoms with Crippen LogP contribution in [0.5, 0.6) is 5.75 Å². The molecule has 1 fully saturated rings. The first-order chi connectivity index (χ1) is 16.5. The van der Waals surface area contributed by atoms with E-state index in [1.165, 1.54) is 12.1 Å². The molecule has 2 atom stereocenters. The standard InChI is InChI=1S/C26H27FN4O3/c1-34-22-8-6-21(7-9-22)29-26(33)30-14-18-12-19(16-30)24-11-10-23(25(32)31(24)15-18)28-13-17-2-4-20(27)5-3-17/h2-11,18-19,28H,12-16H2,1H3,(H,29,33)/t18-,19+/m0/s1. The molecule has 3 aromatic rings. The number of amides is 2. The molecule has 2 aromatic carbocycles. The van der Waals surface area contributed by atoms with Crippen molar-refractivity contribution in [2.75, 3.05) is 30.8 Å². The Bertz CT molecular complexity index is 1240. The van der Waals surface area contributed by atoms with E-state index in [9.17, 15) is 14.0 Å². The zero-order valence-electron chi connectivity index (χ0n) is 19.0. The molecule has 0 aliphatic carbocycles. The van der Waals surface area contributed by atoms with Crippen molar-refractivity contribution in [3.8, 4) is 5.75 Å². The second kappa shape index (κ2) is 9.21. The molecule has 0 saturated carbocycles. The van der Waals surface area contributed by atoms with Crippen LogP contribution in [-0.4, -0.2) is 35.7 Å². The predicted molar refractivity (Wildman–Crippen MR) is 129 cm³/mol. The molecule has 1 saturated heterocycles. The summed E-state index contributed by atoms with van der Waals surface area (Å²) in [5, 5.41) is 6.15. The number of urea groups is 1. The van der Waals surface area contributed by atoms with Crippen molar-refractivity contribution in [2.45, 2.75) is 25.4 Å². The van der Waals surface area contributed by atoms with Crippen LogP contribution in [0.15, 0.2) is 65.5 Å².